The minimum atomic E-state index is 0.495. The lowest BCUT2D eigenvalue weighted by Gasteiger charge is -2.08. The molecule has 4 heteroatoms. The van der Waals surface area contributed by atoms with Crippen LogP contribution in [0.3, 0.4) is 0 Å². The van der Waals surface area contributed by atoms with Crippen molar-refractivity contribution in [2.45, 2.75) is 0 Å². The van der Waals surface area contributed by atoms with Crippen LogP contribution in [0.15, 0.2) is 54.6 Å². The summed E-state index contributed by atoms with van der Waals surface area (Å²) in [6.07, 6.45) is 1.76. The Bertz CT molecular complexity index is 933. The molecular weight excluding hydrogens is 300 g/mol. The molecule has 1 aromatic heterocycles. The number of fused-ring (bicyclic) bond motifs is 1. The predicted molar refractivity (Wildman–Crippen MR) is 94.8 cm³/mol. The maximum Gasteiger partial charge on any atom is 0.123 e. The number of nitrogens with zero attached hydrogens (tertiary/aromatic N) is 2. The van der Waals surface area contributed by atoms with E-state index in [1.54, 1.807) is 38.5 Å². The van der Waals surface area contributed by atoms with Gasteiger partial charge < -0.3 is 9.47 Å². The Morgan fingerprint density at radius 1 is 1.00 bits per heavy atom. The van der Waals surface area contributed by atoms with Crippen molar-refractivity contribution in [3.05, 3.63) is 65.9 Å². The van der Waals surface area contributed by atoms with Crippen LogP contribution in [-0.4, -0.2) is 19.2 Å². The van der Waals surface area contributed by atoms with Crippen molar-refractivity contribution in [2.24, 2.45) is 0 Å². The van der Waals surface area contributed by atoms with Crippen molar-refractivity contribution < 1.29 is 9.47 Å². The molecule has 1 heterocycles. The Labute approximate surface area is 140 Å². The third-order valence-corrected chi connectivity index (χ3v) is 3.70. The van der Waals surface area contributed by atoms with Gasteiger partial charge in [-0.15, -0.1) is 0 Å². The third-order valence-electron chi connectivity index (χ3n) is 3.70. The molecule has 118 valence electrons. The van der Waals surface area contributed by atoms with Crippen molar-refractivity contribution >= 4 is 22.6 Å². The summed E-state index contributed by atoms with van der Waals surface area (Å²) in [5.41, 5.74) is 2.84. The number of benzene rings is 2. The number of hydrogen-bond donors (Lipinski definition) is 0. The van der Waals surface area contributed by atoms with Gasteiger partial charge in [0.25, 0.3) is 0 Å². The van der Waals surface area contributed by atoms with Crippen LogP contribution >= 0.6 is 0 Å². The minimum Gasteiger partial charge on any atom is -0.497 e. The van der Waals surface area contributed by atoms with E-state index >= 15 is 0 Å². The second kappa shape index (κ2) is 6.84. The SMILES string of the molecule is COc1cc(OC)cc(C(C#N)=Cc2ccc3ccccc3n2)c1. The van der Waals surface area contributed by atoms with Crippen LogP contribution in [0.1, 0.15) is 11.3 Å². The van der Waals surface area contributed by atoms with E-state index in [1.165, 1.54) is 0 Å². The highest BCUT2D eigenvalue weighted by Crippen LogP contribution is 2.28. The van der Waals surface area contributed by atoms with E-state index in [4.69, 9.17) is 9.47 Å². The summed E-state index contributed by atoms with van der Waals surface area (Å²) >= 11 is 0. The number of methoxy groups -OCH3 is 2. The lowest BCUT2D eigenvalue weighted by molar-refractivity contribution is 0.394. The van der Waals surface area contributed by atoms with Crippen LogP contribution in [-0.2, 0) is 0 Å². The molecule has 0 aliphatic rings. The standard InChI is InChI=1S/C20H16N2O2/c1-23-18-10-15(11-19(12-18)24-2)16(13-21)9-17-8-7-14-5-3-4-6-20(14)22-17/h3-12H,1-2H3. The lowest BCUT2D eigenvalue weighted by atomic mass is 10.0. The number of ether oxygens (including phenoxy) is 2. The molecule has 3 aromatic rings. The quantitative estimate of drug-likeness (QED) is 0.673. The lowest BCUT2D eigenvalue weighted by Crippen LogP contribution is -1.91. The van der Waals surface area contributed by atoms with Gasteiger partial charge >= 0.3 is 0 Å². The van der Waals surface area contributed by atoms with Crippen LogP contribution in [0.2, 0.25) is 0 Å². The van der Waals surface area contributed by atoms with Gasteiger partial charge in [0.2, 0.25) is 0 Å². The molecule has 2 aromatic carbocycles. The van der Waals surface area contributed by atoms with Gasteiger partial charge in [-0.05, 0) is 35.9 Å². The molecule has 0 spiro atoms. The van der Waals surface area contributed by atoms with Crippen LogP contribution in [0.25, 0.3) is 22.6 Å². The van der Waals surface area contributed by atoms with Crippen molar-refractivity contribution in [1.29, 1.82) is 5.26 Å². The zero-order chi connectivity index (χ0) is 16.9. The number of pyridine rings is 1. The average Bonchev–Trinajstić information content (AvgIpc) is 2.65. The Kier molecular flexibility index (Phi) is 4.44. The average molecular weight is 316 g/mol. The van der Waals surface area contributed by atoms with Crippen molar-refractivity contribution in [3.63, 3.8) is 0 Å². The molecule has 3 rings (SSSR count). The van der Waals surface area contributed by atoms with Crippen LogP contribution in [0, 0.1) is 11.3 Å². The second-order valence-corrected chi connectivity index (χ2v) is 5.20. The second-order valence-electron chi connectivity index (χ2n) is 5.20. The Morgan fingerprint density at radius 3 is 2.38 bits per heavy atom. The maximum absolute atomic E-state index is 9.55. The normalized spacial score (nSPS) is 11.1. The molecule has 0 atom stereocenters. The van der Waals surface area contributed by atoms with Gasteiger partial charge in [-0.3, -0.25) is 0 Å². The van der Waals surface area contributed by atoms with Gasteiger partial charge in [-0.2, -0.15) is 5.26 Å². The molecular formula is C20H16N2O2. The highest BCUT2D eigenvalue weighted by molar-refractivity contribution is 5.91. The number of nitriles is 1. The van der Waals surface area contributed by atoms with Gasteiger partial charge in [0.1, 0.15) is 11.5 Å². The fourth-order valence-corrected chi connectivity index (χ4v) is 2.45. The molecule has 0 unspecified atom stereocenters. The van der Waals surface area contributed by atoms with Crippen molar-refractivity contribution in [2.75, 3.05) is 14.2 Å². The molecule has 0 bridgehead atoms. The monoisotopic (exact) mass is 316 g/mol. The molecule has 0 aliphatic heterocycles. The summed E-state index contributed by atoms with van der Waals surface area (Å²) < 4.78 is 10.5. The molecule has 4 nitrogen and oxygen atoms in total. The van der Waals surface area contributed by atoms with Gasteiger partial charge in [-0.1, -0.05) is 24.3 Å². The number of hydrogen-bond acceptors (Lipinski definition) is 4. The predicted octanol–water partition coefficient (Wildman–Crippen LogP) is 4.32. The largest absolute Gasteiger partial charge is 0.497 e. The molecule has 0 aliphatic carbocycles. The molecule has 0 saturated carbocycles. The number of aromatic nitrogens is 1. The molecule has 0 saturated heterocycles. The zero-order valence-electron chi connectivity index (χ0n) is 13.5. The highest BCUT2D eigenvalue weighted by atomic mass is 16.5. The van der Waals surface area contributed by atoms with E-state index in [2.05, 4.69) is 11.1 Å². The van der Waals surface area contributed by atoms with Gasteiger partial charge in [0.15, 0.2) is 0 Å². The number of allylic oxidation sites excluding steroid dienone is 1. The fraction of sp³-hybridized carbons (Fsp3) is 0.100. The van der Waals surface area contributed by atoms with Crippen molar-refractivity contribution in [3.8, 4) is 17.6 Å². The first kappa shape index (κ1) is 15.6. The minimum absolute atomic E-state index is 0.495. The molecule has 0 amide bonds. The number of para-hydroxylation sites is 1. The zero-order valence-corrected chi connectivity index (χ0v) is 13.5. The Morgan fingerprint density at radius 2 is 1.71 bits per heavy atom. The first-order valence-corrected chi connectivity index (χ1v) is 7.44. The van der Waals surface area contributed by atoms with E-state index in [1.807, 2.05) is 36.4 Å². The highest BCUT2D eigenvalue weighted by Gasteiger charge is 2.07. The molecule has 0 N–H and O–H groups in total. The van der Waals surface area contributed by atoms with E-state index < -0.39 is 0 Å². The van der Waals surface area contributed by atoms with Crippen LogP contribution in [0.5, 0.6) is 11.5 Å². The molecule has 0 fully saturated rings. The summed E-state index contributed by atoms with van der Waals surface area (Å²) in [6.45, 7) is 0. The first-order valence-electron chi connectivity index (χ1n) is 7.44. The Balaban J connectivity index is 2.07. The van der Waals surface area contributed by atoms with Gasteiger partial charge in [-0.25, -0.2) is 4.98 Å². The first-order chi connectivity index (χ1) is 11.7. The summed E-state index contributed by atoms with van der Waals surface area (Å²) in [5.74, 6) is 1.27. The summed E-state index contributed by atoms with van der Waals surface area (Å²) in [5, 5.41) is 10.6. The summed E-state index contributed by atoms with van der Waals surface area (Å²) in [4.78, 5) is 4.58. The fourth-order valence-electron chi connectivity index (χ4n) is 2.45. The van der Waals surface area contributed by atoms with Gasteiger partial charge in [0.05, 0.1) is 37.1 Å². The van der Waals surface area contributed by atoms with Crippen LogP contribution in [0.4, 0.5) is 0 Å². The van der Waals surface area contributed by atoms with Gasteiger partial charge in [0, 0.05) is 11.5 Å². The Hall–Kier alpha value is -3.32. The number of rotatable bonds is 4. The molecule has 24 heavy (non-hydrogen) atoms. The smallest absolute Gasteiger partial charge is 0.123 e. The van der Waals surface area contributed by atoms with Crippen LogP contribution < -0.4 is 9.47 Å². The summed E-state index contributed by atoms with van der Waals surface area (Å²) in [6, 6.07) is 19.4. The van der Waals surface area contributed by atoms with Crippen molar-refractivity contribution in [1.82, 2.24) is 4.98 Å². The van der Waals surface area contributed by atoms with E-state index in [9.17, 15) is 5.26 Å². The maximum atomic E-state index is 9.55. The van der Waals surface area contributed by atoms with E-state index in [0.29, 0.717) is 17.1 Å². The van der Waals surface area contributed by atoms with E-state index in [-0.39, 0.29) is 0 Å². The van der Waals surface area contributed by atoms with E-state index in [0.717, 1.165) is 22.2 Å². The summed E-state index contributed by atoms with van der Waals surface area (Å²) in [7, 11) is 3.17. The third kappa shape index (κ3) is 3.21. The molecule has 0 radical (unpaired) electrons. The topological polar surface area (TPSA) is 55.1 Å².